The average Bonchev–Trinajstić information content (AvgIpc) is 3.16. The first-order chi connectivity index (χ1) is 9.81. The normalized spacial score (nSPS) is 21.6. The highest BCUT2D eigenvalue weighted by molar-refractivity contribution is 5.95. The Bertz CT molecular complexity index is 591. The number of ether oxygens (including phenoxy) is 1. The van der Waals surface area contributed by atoms with Crippen molar-refractivity contribution in [2.45, 2.75) is 26.4 Å². The van der Waals surface area contributed by atoms with Gasteiger partial charge in [-0.2, -0.15) is 0 Å². The van der Waals surface area contributed by atoms with E-state index in [1.165, 1.54) is 6.92 Å². The van der Waals surface area contributed by atoms with Gasteiger partial charge < -0.3 is 10.1 Å². The maximum Gasteiger partial charge on any atom is 0.309 e. The van der Waals surface area contributed by atoms with Crippen LogP contribution in [0.3, 0.4) is 0 Å². The molecule has 0 unspecified atom stereocenters. The van der Waals surface area contributed by atoms with Gasteiger partial charge >= 0.3 is 5.97 Å². The summed E-state index contributed by atoms with van der Waals surface area (Å²) >= 11 is 0. The van der Waals surface area contributed by atoms with Gasteiger partial charge in [0.05, 0.1) is 11.6 Å². The first-order valence-electron chi connectivity index (χ1n) is 6.46. The maximum absolute atomic E-state index is 13.4. The number of rotatable bonds is 4. The Morgan fingerprint density at radius 2 is 1.90 bits per heavy atom. The Kier molecular flexibility index (Phi) is 4.20. The van der Waals surface area contributed by atoms with E-state index in [2.05, 4.69) is 5.32 Å². The first kappa shape index (κ1) is 15.3. The van der Waals surface area contributed by atoms with Gasteiger partial charge in [0, 0.05) is 0 Å². The number of hydrogen-bond donors (Lipinski definition) is 1. The minimum atomic E-state index is -1.68. The van der Waals surface area contributed by atoms with Gasteiger partial charge in [-0.05, 0) is 31.4 Å². The van der Waals surface area contributed by atoms with Crippen molar-refractivity contribution in [1.82, 2.24) is 0 Å². The summed E-state index contributed by atoms with van der Waals surface area (Å²) in [7, 11) is 0. The van der Waals surface area contributed by atoms with E-state index in [1.807, 2.05) is 6.92 Å². The summed E-state index contributed by atoms with van der Waals surface area (Å²) in [6, 6.07) is 1.58. The maximum atomic E-state index is 13.4. The molecule has 1 aromatic rings. The molecule has 0 heterocycles. The highest BCUT2D eigenvalue weighted by Gasteiger charge is 2.41. The van der Waals surface area contributed by atoms with E-state index < -0.39 is 41.1 Å². The lowest BCUT2D eigenvalue weighted by Crippen LogP contribution is -2.31. The van der Waals surface area contributed by atoms with Gasteiger partial charge in [-0.3, -0.25) is 9.59 Å². The molecule has 1 aliphatic rings. The van der Waals surface area contributed by atoms with Crippen LogP contribution in [0.5, 0.6) is 0 Å². The number of carbonyl (C=O) groups is 2. The van der Waals surface area contributed by atoms with Crippen LogP contribution < -0.4 is 5.32 Å². The quantitative estimate of drug-likeness (QED) is 0.687. The molecule has 1 aliphatic carbocycles. The van der Waals surface area contributed by atoms with Crippen LogP contribution in [0.1, 0.15) is 20.3 Å². The molecule has 7 heteroatoms. The zero-order chi connectivity index (χ0) is 15.7. The molecule has 1 N–H and O–H groups in total. The van der Waals surface area contributed by atoms with Crippen LogP contribution in [0.4, 0.5) is 18.9 Å². The molecule has 114 valence electrons. The molecule has 0 aliphatic heterocycles. The minimum Gasteiger partial charge on any atom is -0.452 e. The molecular formula is C14H14F3NO3. The summed E-state index contributed by atoms with van der Waals surface area (Å²) in [5, 5.41) is 2.06. The number of hydrogen-bond acceptors (Lipinski definition) is 3. The average molecular weight is 301 g/mol. The van der Waals surface area contributed by atoms with Crippen molar-refractivity contribution in [1.29, 1.82) is 0 Å². The number of benzene rings is 1. The van der Waals surface area contributed by atoms with Crippen molar-refractivity contribution in [2.24, 2.45) is 11.8 Å². The highest BCUT2D eigenvalue weighted by Crippen LogP contribution is 2.38. The van der Waals surface area contributed by atoms with Crippen LogP contribution in [0.25, 0.3) is 0 Å². The van der Waals surface area contributed by atoms with Crippen molar-refractivity contribution in [3.63, 3.8) is 0 Å². The number of halogens is 3. The molecule has 0 aromatic heterocycles. The van der Waals surface area contributed by atoms with Gasteiger partial charge in [-0.15, -0.1) is 0 Å². The van der Waals surface area contributed by atoms with E-state index in [0.717, 1.165) is 6.07 Å². The second kappa shape index (κ2) is 5.75. The van der Waals surface area contributed by atoms with E-state index in [-0.39, 0.29) is 11.8 Å². The molecule has 1 saturated carbocycles. The van der Waals surface area contributed by atoms with Crippen LogP contribution in [-0.4, -0.2) is 18.0 Å². The van der Waals surface area contributed by atoms with Gasteiger partial charge in [0.25, 0.3) is 5.91 Å². The van der Waals surface area contributed by atoms with Crippen LogP contribution >= 0.6 is 0 Å². The van der Waals surface area contributed by atoms with Crippen LogP contribution in [-0.2, 0) is 14.3 Å². The van der Waals surface area contributed by atoms with Crippen molar-refractivity contribution in [3.05, 3.63) is 29.6 Å². The standard InChI is InChI=1S/C14H14F3NO3/c1-6-5-8(6)14(20)21-7(2)13(19)18-10-4-3-9(15)11(16)12(10)17/h3-4,6-8H,5H2,1-2H3,(H,18,19)/t6-,7-,8-/m0/s1. The fourth-order valence-electron chi connectivity index (χ4n) is 1.82. The van der Waals surface area contributed by atoms with Crippen molar-refractivity contribution >= 4 is 17.6 Å². The molecular weight excluding hydrogens is 287 g/mol. The lowest BCUT2D eigenvalue weighted by molar-refractivity contribution is -0.154. The second-order valence-electron chi connectivity index (χ2n) is 5.11. The lowest BCUT2D eigenvalue weighted by Gasteiger charge is -2.14. The summed E-state index contributed by atoms with van der Waals surface area (Å²) in [5.41, 5.74) is -0.512. The molecule has 2 rings (SSSR count). The van der Waals surface area contributed by atoms with Crippen molar-refractivity contribution in [2.75, 3.05) is 5.32 Å². The highest BCUT2D eigenvalue weighted by atomic mass is 19.2. The fraction of sp³-hybridized carbons (Fsp3) is 0.429. The Balaban J connectivity index is 1.97. The smallest absolute Gasteiger partial charge is 0.309 e. The van der Waals surface area contributed by atoms with Gasteiger partial charge in [-0.1, -0.05) is 6.92 Å². The van der Waals surface area contributed by atoms with Gasteiger partial charge in [0.15, 0.2) is 23.6 Å². The van der Waals surface area contributed by atoms with E-state index in [1.54, 1.807) is 0 Å². The Morgan fingerprint density at radius 1 is 1.29 bits per heavy atom. The molecule has 3 atom stereocenters. The topological polar surface area (TPSA) is 55.4 Å². The van der Waals surface area contributed by atoms with Crippen LogP contribution in [0.15, 0.2) is 12.1 Å². The largest absolute Gasteiger partial charge is 0.452 e. The van der Waals surface area contributed by atoms with E-state index in [4.69, 9.17) is 4.74 Å². The SMILES string of the molecule is C[C@H](OC(=O)[C@H]1C[C@@H]1C)C(=O)Nc1ccc(F)c(F)c1F. The first-order valence-corrected chi connectivity index (χ1v) is 6.46. The third-order valence-corrected chi connectivity index (χ3v) is 3.37. The molecule has 0 spiro atoms. The number of amides is 1. The molecule has 1 amide bonds. The summed E-state index contributed by atoms with van der Waals surface area (Å²) < 4.78 is 44.1. The fourth-order valence-corrected chi connectivity index (χ4v) is 1.82. The van der Waals surface area contributed by atoms with Crippen molar-refractivity contribution < 1.29 is 27.5 Å². The molecule has 0 bridgehead atoms. The van der Waals surface area contributed by atoms with Gasteiger partial charge in [0.2, 0.25) is 0 Å². The van der Waals surface area contributed by atoms with Gasteiger partial charge in [0.1, 0.15) is 0 Å². The lowest BCUT2D eigenvalue weighted by atomic mass is 10.2. The number of anilines is 1. The molecule has 0 saturated heterocycles. The second-order valence-corrected chi connectivity index (χ2v) is 5.11. The Morgan fingerprint density at radius 3 is 2.48 bits per heavy atom. The van der Waals surface area contributed by atoms with Crippen LogP contribution in [0.2, 0.25) is 0 Å². The monoisotopic (exact) mass is 301 g/mol. The number of esters is 1. The van der Waals surface area contributed by atoms with E-state index >= 15 is 0 Å². The van der Waals surface area contributed by atoms with Crippen molar-refractivity contribution in [3.8, 4) is 0 Å². The number of nitrogens with one attached hydrogen (secondary N) is 1. The third kappa shape index (κ3) is 3.34. The minimum absolute atomic E-state index is 0.208. The predicted octanol–water partition coefficient (Wildman–Crippen LogP) is 2.63. The van der Waals surface area contributed by atoms with E-state index in [0.29, 0.717) is 12.5 Å². The third-order valence-electron chi connectivity index (χ3n) is 3.37. The summed E-state index contributed by atoms with van der Waals surface area (Å²) in [4.78, 5) is 23.3. The Hall–Kier alpha value is -2.05. The summed E-state index contributed by atoms with van der Waals surface area (Å²) in [5.74, 6) is -5.82. The zero-order valence-electron chi connectivity index (χ0n) is 11.5. The summed E-state index contributed by atoms with van der Waals surface area (Å²) in [6.07, 6.45) is -0.442. The summed E-state index contributed by atoms with van der Waals surface area (Å²) in [6.45, 7) is 3.20. The predicted molar refractivity (Wildman–Crippen MR) is 67.8 cm³/mol. The zero-order valence-corrected chi connectivity index (χ0v) is 11.5. The van der Waals surface area contributed by atoms with E-state index in [9.17, 15) is 22.8 Å². The Labute approximate surface area is 119 Å². The molecule has 1 aromatic carbocycles. The molecule has 4 nitrogen and oxygen atoms in total. The molecule has 0 radical (unpaired) electrons. The number of carbonyl (C=O) groups excluding carboxylic acids is 2. The molecule has 21 heavy (non-hydrogen) atoms. The molecule has 1 fully saturated rings. The van der Waals surface area contributed by atoms with Crippen LogP contribution in [0, 0.1) is 29.3 Å². The van der Waals surface area contributed by atoms with Gasteiger partial charge in [-0.25, -0.2) is 13.2 Å².